The van der Waals surface area contributed by atoms with Crippen molar-refractivity contribution in [3.8, 4) is 0 Å². The molecule has 16 heteroatoms. The molecule has 0 spiro atoms. The van der Waals surface area contributed by atoms with Crippen LogP contribution in [0.3, 0.4) is 0 Å². The van der Waals surface area contributed by atoms with Gasteiger partial charge in [-0.15, -0.1) is 0 Å². The number of phosphoric acid groups is 2. The average Bonchev–Trinajstić information content (AvgIpc) is 3.00. The summed E-state index contributed by atoms with van der Waals surface area (Å²) in [7, 11) is -10.6. The minimum Gasteiger partial charge on any atom is -0.387 e. The molecule has 34 heavy (non-hydrogen) atoms. The largest absolute Gasteiger partial charge is 0.481 e. The van der Waals surface area contributed by atoms with E-state index >= 15 is 0 Å². The molecule has 1 aromatic heterocycles. The predicted molar refractivity (Wildman–Crippen MR) is 115 cm³/mol. The maximum Gasteiger partial charge on any atom is 0.481 e. The first-order valence-corrected chi connectivity index (χ1v) is 12.9. The van der Waals surface area contributed by atoms with Crippen LogP contribution in [0.2, 0.25) is 0 Å². The maximum atomic E-state index is 12.9. The van der Waals surface area contributed by atoms with E-state index in [9.17, 15) is 33.8 Å². The summed E-state index contributed by atoms with van der Waals surface area (Å²) in [5.74, 6) is 0. The zero-order valence-electron chi connectivity index (χ0n) is 17.8. The second-order valence-electron chi connectivity index (χ2n) is 7.61. The minimum absolute atomic E-state index is 0.0346. The van der Waals surface area contributed by atoms with Crippen LogP contribution in [0.1, 0.15) is 17.4 Å². The number of hydrogen-bond acceptors (Lipinski definition) is 9. The van der Waals surface area contributed by atoms with Gasteiger partial charge in [-0.1, -0.05) is 29.8 Å². The van der Waals surface area contributed by atoms with E-state index in [1.807, 2.05) is 31.2 Å². The molecule has 3 rings (SSSR count). The molecule has 1 aliphatic rings. The second-order valence-corrected chi connectivity index (χ2v) is 10.4. The van der Waals surface area contributed by atoms with E-state index in [1.54, 1.807) is 0 Å². The third kappa shape index (κ3) is 6.58. The Morgan fingerprint density at radius 2 is 1.68 bits per heavy atom. The highest BCUT2D eigenvalue weighted by Gasteiger charge is 2.45. The Hall–Kier alpha value is -1.96. The van der Waals surface area contributed by atoms with Crippen molar-refractivity contribution in [2.75, 3.05) is 6.61 Å². The van der Waals surface area contributed by atoms with Crippen LogP contribution in [0.25, 0.3) is 0 Å². The van der Waals surface area contributed by atoms with Crippen LogP contribution in [0, 0.1) is 6.92 Å². The number of aliphatic hydroxyl groups excluding tert-OH is 2. The molecule has 1 aromatic carbocycles. The first-order chi connectivity index (χ1) is 15.8. The Morgan fingerprint density at radius 1 is 1.03 bits per heavy atom. The van der Waals surface area contributed by atoms with E-state index in [1.165, 1.54) is 0 Å². The normalized spacial score (nSPS) is 24.8. The maximum absolute atomic E-state index is 12.9. The molecule has 2 aromatic rings. The summed E-state index contributed by atoms with van der Waals surface area (Å²) in [6.45, 7) is 1.05. The van der Waals surface area contributed by atoms with Crippen molar-refractivity contribution in [3.63, 3.8) is 0 Å². The highest BCUT2D eigenvalue weighted by atomic mass is 31.3. The molecule has 14 nitrogen and oxygen atoms in total. The number of rotatable bonds is 9. The van der Waals surface area contributed by atoms with Gasteiger partial charge in [0.2, 0.25) is 0 Å². The number of hydrogen-bond donors (Lipinski definition) is 5. The number of ether oxygens (including phenoxy) is 1. The number of nitrogens with zero attached hydrogens (tertiary/aromatic N) is 2. The summed E-state index contributed by atoms with van der Waals surface area (Å²) in [4.78, 5) is 51.8. The SMILES string of the molecule is Cc1ccc(CCn2c(=O)ccn([C@@H]3O[C@H](COP(=O)(O)OP(=O)(O)O)[C@@H](O)[C@H]3O)c2=O)cc1. The van der Waals surface area contributed by atoms with Gasteiger partial charge in [0.25, 0.3) is 5.56 Å². The van der Waals surface area contributed by atoms with Gasteiger partial charge in [-0.3, -0.25) is 18.5 Å². The summed E-state index contributed by atoms with van der Waals surface area (Å²) in [6, 6.07) is 8.60. The molecule has 2 heterocycles. The standard InChI is InChI=1S/C18H24N2O12P2/c1-11-2-4-12(5-3-11)6-8-19-14(21)7-9-20(18(19)24)17-16(23)15(22)13(31-17)10-30-34(28,29)32-33(25,26)27/h2-5,7,9,13,15-17,22-23H,6,8,10H2,1H3,(H,28,29)(H2,25,26,27)/t13-,15-,16-,17-/m1/s1. The lowest BCUT2D eigenvalue weighted by atomic mass is 10.1. The zero-order valence-corrected chi connectivity index (χ0v) is 19.6. The van der Waals surface area contributed by atoms with Crippen LogP contribution >= 0.6 is 15.6 Å². The third-order valence-corrected chi connectivity index (χ3v) is 7.21. The van der Waals surface area contributed by atoms with Crippen molar-refractivity contribution in [2.24, 2.45) is 0 Å². The van der Waals surface area contributed by atoms with Gasteiger partial charge < -0.3 is 29.6 Å². The van der Waals surface area contributed by atoms with Crippen LogP contribution in [0.4, 0.5) is 0 Å². The number of aliphatic hydroxyl groups is 2. The Balaban J connectivity index is 1.75. The zero-order chi connectivity index (χ0) is 25.3. The third-order valence-electron chi connectivity index (χ3n) is 5.06. The molecule has 1 unspecified atom stereocenters. The Kier molecular flexibility index (Phi) is 8.10. The molecule has 0 saturated carbocycles. The number of phosphoric ester groups is 1. The fraction of sp³-hybridized carbons (Fsp3) is 0.444. The van der Waals surface area contributed by atoms with E-state index in [-0.39, 0.29) is 6.54 Å². The summed E-state index contributed by atoms with van der Waals surface area (Å²) in [6.07, 6.45) is -4.92. The van der Waals surface area contributed by atoms with Crippen molar-refractivity contribution >= 4 is 15.6 Å². The summed E-state index contributed by atoms with van der Waals surface area (Å²) >= 11 is 0. The van der Waals surface area contributed by atoms with Crippen molar-refractivity contribution in [1.29, 1.82) is 0 Å². The van der Waals surface area contributed by atoms with Gasteiger partial charge >= 0.3 is 21.3 Å². The lowest BCUT2D eigenvalue weighted by molar-refractivity contribution is -0.0548. The fourth-order valence-corrected chi connectivity index (χ4v) is 4.95. The van der Waals surface area contributed by atoms with Crippen LogP contribution in [-0.4, -0.2) is 58.9 Å². The Labute approximate surface area is 192 Å². The monoisotopic (exact) mass is 522 g/mol. The molecule has 0 aliphatic carbocycles. The van der Waals surface area contributed by atoms with Crippen LogP contribution < -0.4 is 11.2 Å². The molecule has 1 saturated heterocycles. The van der Waals surface area contributed by atoms with E-state index in [2.05, 4.69) is 8.83 Å². The van der Waals surface area contributed by atoms with Gasteiger partial charge in [0.15, 0.2) is 6.23 Å². The summed E-state index contributed by atoms with van der Waals surface area (Å²) < 4.78 is 37.6. The van der Waals surface area contributed by atoms with Crippen LogP contribution in [0.5, 0.6) is 0 Å². The Morgan fingerprint density at radius 3 is 2.29 bits per heavy atom. The van der Waals surface area contributed by atoms with Gasteiger partial charge in [0, 0.05) is 18.8 Å². The molecule has 188 valence electrons. The van der Waals surface area contributed by atoms with Gasteiger partial charge in [-0.05, 0) is 18.9 Å². The molecule has 1 fully saturated rings. The van der Waals surface area contributed by atoms with Crippen LogP contribution in [0.15, 0.2) is 46.1 Å². The van der Waals surface area contributed by atoms with E-state index in [0.29, 0.717) is 6.42 Å². The van der Waals surface area contributed by atoms with Crippen molar-refractivity contribution in [2.45, 2.75) is 44.4 Å². The molecule has 1 aliphatic heterocycles. The van der Waals surface area contributed by atoms with Crippen molar-refractivity contribution < 1.29 is 47.6 Å². The molecule has 0 radical (unpaired) electrons. The van der Waals surface area contributed by atoms with E-state index in [0.717, 1.165) is 32.5 Å². The summed E-state index contributed by atoms with van der Waals surface area (Å²) in [5, 5.41) is 20.6. The number of aryl methyl sites for hydroxylation is 2. The topological polar surface area (TPSA) is 207 Å². The highest BCUT2D eigenvalue weighted by Crippen LogP contribution is 2.57. The van der Waals surface area contributed by atoms with Gasteiger partial charge in [0.1, 0.15) is 18.3 Å². The number of aromatic nitrogens is 2. The van der Waals surface area contributed by atoms with Crippen molar-refractivity contribution in [3.05, 3.63) is 68.5 Å². The highest BCUT2D eigenvalue weighted by molar-refractivity contribution is 7.60. The first-order valence-electron chi connectivity index (χ1n) is 9.91. The summed E-state index contributed by atoms with van der Waals surface area (Å²) in [5.41, 5.74) is 0.536. The van der Waals surface area contributed by atoms with Gasteiger partial charge in [-0.2, -0.15) is 4.31 Å². The molecule has 0 bridgehead atoms. The smallest absolute Gasteiger partial charge is 0.387 e. The lowest BCUT2D eigenvalue weighted by Gasteiger charge is -2.19. The van der Waals surface area contributed by atoms with Gasteiger partial charge in [0.05, 0.1) is 6.61 Å². The molecule has 0 amide bonds. The predicted octanol–water partition coefficient (Wildman–Crippen LogP) is -0.593. The molecule has 5 atom stereocenters. The molecular formula is C18H24N2O12P2. The second kappa shape index (κ2) is 10.3. The Bertz CT molecular complexity index is 1220. The van der Waals surface area contributed by atoms with Gasteiger partial charge in [-0.25, -0.2) is 13.9 Å². The van der Waals surface area contributed by atoms with E-state index in [4.69, 9.17) is 14.5 Å². The number of benzene rings is 1. The average molecular weight is 522 g/mol. The quantitative estimate of drug-likeness (QED) is 0.262. The fourth-order valence-electron chi connectivity index (χ4n) is 3.35. The van der Waals surface area contributed by atoms with E-state index < -0.39 is 58.0 Å². The minimum atomic E-state index is -5.35. The molecule has 5 N–H and O–H groups in total. The molecular weight excluding hydrogens is 498 g/mol. The lowest BCUT2D eigenvalue weighted by Crippen LogP contribution is -2.43. The van der Waals surface area contributed by atoms with Crippen molar-refractivity contribution in [1.82, 2.24) is 9.13 Å². The van der Waals surface area contributed by atoms with Crippen LogP contribution in [-0.2, 0) is 35.7 Å². The first kappa shape index (κ1) is 26.6.